The molecule has 1 N–H and O–H groups in total. The van der Waals surface area contributed by atoms with Crippen molar-refractivity contribution < 1.29 is 9.50 Å². The highest BCUT2D eigenvalue weighted by atomic mass is 19.1. The maximum atomic E-state index is 12.9. The van der Waals surface area contributed by atoms with Crippen molar-refractivity contribution in [2.75, 3.05) is 0 Å². The fourth-order valence-electron chi connectivity index (χ4n) is 2.28. The van der Waals surface area contributed by atoms with Crippen molar-refractivity contribution in [3.8, 4) is 17.0 Å². The molecule has 23 heavy (non-hydrogen) atoms. The van der Waals surface area contributed by atoms with E-state index in [1.807, 2.05) is 0 Å². The molecule has 3 aromatic rings. The van der Waals surface area contributed by atoms with Crippen molar-refractivity contribution in [1.29, 1.82) is 0 Å². The summed E-state index contributed by atoms with van der Waals surface area (Å²) in [5.41, 5.74) is 1.56. The van der Waals surface area contributed by atoms with Crippen LogP contribution in [-0.2, 0) is 13.1 Å². The molecule has 6 nitrogen and oxygen atoms in total. The second-order valence-electron chi connectivity index (χ2n) is 5.18. The first-order chi connectivity index (χ1) is 11.0. The Morgan fingerprint density at radius 1 is 1.17 bits per heavy atom. The van der Waals surface area contributed by atoms with Gasteiger partial charge in [-0.25, -0.2) is 4.39 Å². The van der Waals surface area contributed by atoms with Gasteiger partial charge < -0.3 is 9.67 Å². The first kappa shape index (κ1) is 15.0. The summed E-state index contributed by atoms with van der Waals surface area (Å²) in [6.07, 6.45) is 3.40. The summed E-state index contributed by atoms with van der Waals surface area (Å²) in [6, 6.07) is 7.37. The smallest absolute Gasteiger partial charge is 0.223 e. The molecule has 0 aliphatic carbocycles. The van der Waals surface area contributed by atoms with Crippen molar-refractivity contribution >= 4 is 0 Å². The molecule has 0 aliphatic rings. The standard InChI is InChI=1S/C16H15FN4O2/c1-11-16(23)15(22)6-7-20(11)8-9-21-10-14(18-19-21)12-2-4-13(17)5-3-12/h2-7,10,23H,8-9H2,1H3. The van der Waals surface area contributed by atoms with E-state index < -0.39 is 5.43 Å². The SMILES string of the molecule is Cc1c(O)c(=O)ccn1CCn1cc(-c2ccc(F)cc2)nn1. The van der Waals surface area contributed by atoms with Crippen LogP contribution in [0.4, 0.5) is 4.39 Å². The van der Waals surface area contributed by atoms with Crippen LogP contribution in [0, 0.1) is 12.7 Å². The van der Waals surface area contributed by atoms with Gasteiger partial charge in [0.25, 0.3) is 0 Å². The topological polar surface area (TPSA) is 72.9 Å². The van der Waals surface area contributed by atoms with E-state index in [9.17, 15) is 14.3 Å². The maximum Gasteiger partial charge on any atom is 0.223 e. The number of rotatable bonds is 4. The van der Waals surface area contributed by atoms with E-state index in [4.69, 9.17) is 0 Å². The van der Waals surface area contributed by atoms with E-state index in [-0.39, 0.29) is 11.6 Å². The lowest BCUT2D eigenvalue weighted by molar-refractivity contribution is 0.444. The number of benzene rings is 1. The fourth-order valence-corrected chi connectivity index (χ4v) is 2.28. The Bertz CT molecular complexity index is 884. The number of nitrogens with zero attached hydrogens (tertiary/aromatic N) is 4. The summed E-state index contributed by atoms with van der Waals surface area (Å²) in [5.74, 6) is -0.535. The van der Waals surface area contributed by atoms with Gasteiger partial charge >= 0.3 is 0 Å². The van der Waals surface area contributed by atoms with Crippen LogP contribution in [0.25, 0.3) is 11.3 Å². The van der Waals surface area contributed by atoms with Crippen molar-refractivity contribution in [3.63, 3.8) is 0 Å². The third kappa shape index (κ3) is 3.13. The van der Waals surface area contributed by atoms with Gasteiger partial charge in [-0.15, -0.1) is 5.10 Å². The van der Waals surface area contributed by atoms with Crippen molar-refractivity contribution in [3.05, 3.63) is 64.5 Å². The number of hydrogen-bond donors (Lipinski definition) is 1. The molecule has 0 bridgehead atoms. The molecule has 0 atom stereocenters. The number of pyridine rings is 1. The average molecular weight is 314 g/mol. The van der Waals surface area contributed by atoms with Gasteiger partial charge in [0.1, 0.15) is 11.5 Å². The van der Waals surface area contributed by atoms with Crippen LogP contribution in [0.1, 0.15) is 5.69 Å². The molecular weight excluding hydrogens is 299 g/mol. The minimum atomic E-state index is -0.391. The Kier molecular flexibility index (Phi) is 3.92. The van der Waals surface area contributed by atoms with Crippen molar-refractivity contribution in [1.82, 2.24) is 19.6 Å². The molecule has 118 valence electrons. The van der Waals surface area contributed by atoms with E-state index in [0.717, 1.165) is 5.56 Å². The van der Waals surface area contributed by atoms with Gasteiger partial charge in [-0.3, -0.25) is 9.48 Å². The van der Waals surface area contributed by atoms with E-state index in [0.29, 0.717) is 24.5 Å². The molecule has 0 radical (unpaired) electrons. The Morgan fingerprint density at radius 2 is 1.91 bits per heavy atom. The number of aryl methyl sites for hydroxylation is 2. The summed E-state index contributed by atoms with van der Waals surface area (Å²) in [4.78, 5) is 11.3. The third-order valence-electron chi connectivity index (χ3n) is 3.66. The summed E-state index contributed by atoms with van der Waals surface area (Å²) in [5, 5.41) is 17.8. The largest absolute Gasteiger partial charge is 0.503 e. The predicted octanol–water partition coefficient (Wildman–Crippen LogP) is 1.96. The number of aromatic hydroxyl groups is 1. The van der Waals surface area contributed by atoms with E-state index in [2.05, 4.69) is 10.3 Å². The predicted molar refractivity (Wildman–Crippen MR) is 82.5 cm³/mol. The minimum absolute atomic E-state index is 0.238. The molecule has 0 unspecified atom stereocenters. The summed E-state index contributed by atoms with van der Waals surface area (Å²) in [7, 11) is 0. The molecule has 7 heteroatoms. The van der Waals surface area contributed by atoms with Gasteiger partial charge in [-0.1, -0.05) is 5.21 Å². The quantitative estimate of drug-likeness (QED) is 0.799. The summed E-state index contributed by atoms with van der Waals surface area (Å²) < 4.78 is 16.4. The summed E-state index contributed by atoms with van der Waals surface area (Å²) in [6.45, 7) is 2.74. The minimum Gasteiger partial charge on any atom is -0.503 e. The number of aromatic nitrogens is 4. The lowest BCUT2D eigenvalue weighted by Gasteiger charge is -2.10. The van der Waals surface area contributed by atoms with E-state index >= 15 is 0 Å². The monoisotopic (exact) mass is 314 g/mol. The molecule has 1 aromatic carbocycles. The van der Waals surface area contributed by atoms with E-state index in [1.165, 1.54) is 18.2 Å². The van der Waals surface area contributed by atoms with Gasteiger partial charge in [0, 0.05) is 24.4 Å². The van der Waals surface area contributed by atoms with Crippen LogP contribution in [0.15, 0.2) is 47.5 Å². The molecule has 0 saturated carbocycles. The first-order valence-corrected chi connectivity index (χ1v) is 7.09. The second-order valence-corrected chi connectivity index (χ2v) is 5.18. The van der Waals surface area contributed by atoms with Crippen LogP contribution < -0.4 is 5.43 Å². The van der Waals surface area contributed by atoms with Crippen LogP contribution in [0.3, 0.4) is 0 Å². The third-order valence-corrected chi connectivity index (χ3v) is 3.66. The Labute approximate surface area is 131 Å². The molecule has 2 aromatic heterocycles. The molecule has 2 heterocycles. The van der Waals surface area contributed by atoms with Crippen LogP contribution in [0.5, 0.6) is 5.75 Å². The Balaban J connectivity index is 1.74. The summed E-state index contributed by atoms with van der Waals surface area (Å²) >= 11 is 0. The lowest BCUT2D eigenvalue weighted by Crippen LogP contribution is -2.14. The normalized spacial score (nSPS) is 10.9. The molecule has 0 saturated heterocycles. The number of hydrogen-bond acceptors (Lipinski definition) is 4. The number of halogens is 1. The zero-order valence-corrected chi connectivity index (χ0v) is 12.5. The highest BCUT2D eigenvalue weighted by molar-refractivity contribution is 5.57. The molecule has 0 fully saturated rings. The van der Waals surface area contributed by atoms with Crippen LogP contribution in [-0.4, -0.2) is 24.7 Å². The van der Waals surface area contributed by atoms with Gasteiger partial charge in [0.2, 0.25) is 5.43 Å². The first-order valence-electron chi connectivity index (χ1n) is 7.09. The zero-order chi connectivity index (χ0) is 16.4. The van der Waals surface area contributed by atoms with Gasteiger partial charge in [-0.05, 0) is 31.2 Å². The Hall–Kier alpha value is -2.96. The highest BCUT2D eigenvalue weighted by Crippen LogP contribution is 2.16. The van der Waals surface area contributed by atoms with Gasteiger partial charge in [0.05, 0.1) is 18.4 Å². The van der Waals surface area contributed by atoms with E-state index in [1.54, 1.807) is 40.7 Å². The molecular formula is C16H15FN4O2. The van der Waals surface area contributed by atoms with Crippen LogP contribution in [0.2, 0.25) is 0 Å². The fraction of sp³-hybridized carbons (Fsp3) is 0.188. The van der Waals surface area contributed by atoms with Crippen molar-refractivity contribution in [2.45, 2.75) is 20.0 Å². The van der Waals surface area contributed by atoms with Crippen molar-refractivity contribution in [2.24, 2.45) is 0 Å². The highest BCUT2D eigenvalue weighted by Gasteiger charge is 2.07. The second kappa shape index (κ2) is 6.04. The molecule has 0 amide bonds. The van der Waals surface area contributed by atoms with Gasteiger partial charge in [-0.2, -0.15) is 0 Å². The Morgan fingerprint density at radius 3 is 2.65 bits per heavy atom. The zero-order valence-electron chi connectivity index (χ0n) is 12.5. The molecule has 0 spiro atoms. The lowest BCUT2D eigenvalue weighted by atomic mass is 10.2. The molecule has 0 aliphatic heterocycles. The van der Waals surface area contributed by atoms with Crippen LogP contribution >= 0.6 is 0 Å². The molecule has 3 rings (SSSR count). The van der Waals surface area contributed by atoms with Gasteiger partial charge in [0.15, 0.2) is 5.75 Å². The maximum absolute atomic E-state index is 12.9. The average Bonchev–Trinajstić information content (AvgIpc) is 3.02.